The molecule has 6 nitrogen and oxygen atoms in total. The van der Waals surface area contributed by atoms with Gasteiger partial charge in [-0.05, 0) is 32.9 Å². The fourth-order valence-corrected chi connectivity index (χ4v) is 3.30. The van der Waals surface area contributed by atoms with Crippen LogP contribution in [0.2, 0.25) is 0 Å². The van der Waals surface area contributed by atoms with Crippen LogP contribution < -0.4 is 5.32 Å². The molecule has 2 aromatic heterocycles. The van der Waals surface area contributed by atoms with Gasteiger partial charge in [0.25, 0.3) is 0 Å². The second-order valence-electron chi connectivity index (χ2n) is 5.52. The van der Waals surface area contributed by atoms with E-state index in [-0.39, 0.29) is 12.3 Å². The summed E-state index contributed by atoms with van der Waals surface area (Å²) in [6, 6.07) is 9.47. The molecule has 0 aliphatic heterocycles. The van der Waals surface area contributed by atoms with E-state index in [1.54, 1.807) is 17.8 Å². The molecule has 0 fully saturated rings. The Labute approximate surface area is 144 Å². The smallest absolute Gasteiger partial charge is 0.232 e. The lowest BCUT2D eigenvalue weighted by atomic mass is 10.2. The number of aryl methyl sites for hydroxylation is 3. The first-order valence-electron chi connectivity index (χ1n) is 7.53. The van der Waals surface area contributed by atoms with Gasteiger partial charge in [-0.25, -0.2) is 0 Å². The third-order valence-electron chi connectivity index (χ3n) is 3.45. The Bertz CT molecular complexity index is 850. The predicted molar refractivity (Wildman–Crippen MR) is 92.2 cm³/mol. The molecule has 0 unspecified atom stereocenters. The number of anilines is 1. The zero-order valence-corrected chi connectivity index (χ0v) is 14.5. The van der Waals surface area contributed by atoms with Crippen molar-refractivity contribution in [3.05, 3.63) is 53.2 Å². The molecule has 124 valence electrons. The Morgan fingerprint density at radius 3 is 2.75 bits per heavy atom. The third kappa shape index (κ3) is 3.68. The maximum Gasteiger partial charge on any atom is 0.232 e. The van der Waals surface area contributed by atoms with Crippen LogP contribution in [-0.2, 0) is 11.2 Å². The van der Waals surface area contributed by atoms with Crippen molar-refractivity contribution in [1.82, 2.24) is 15.4 Å². The monoisotopic (exact) mass is 342 g/mol. The minimum atomic E-state index is -0.139. The van der Waals surface area contributed by atoms with Crippen molar-refractivity contribution in [2.75, 3.05) is 5.32 Å². The summed E-state index contributed by atoms with van der Waals surface area (Å²) in [5.41, 5.74) is 3.48. The van der Waals surface area contributed by atoms with Gasteiger partial charge in [-0.15, -0.1) is 0 Å². The van der Waals surface area contributed by atoms with Gasteiger partial charge in [-0.3, -0.25) is 9.89 Å². The Kier molecular flexibility index (Phi) is 4.71. The molecule has 0 saturated heterocycles. The van der Waals surface area contributed by atoms with E-state index in [4.69, 9.17) is 4.52 Å². The molecule has 0 aliphatic carbocycles. The van der Waals surface area contributed by atoms with Crippen LogP contribution in [0.3, 0.4) is 0 Å². The van der Waals surface area contributed by atoms with Gasteiger partial charge in [0, 0.05) is 16.7 Å². The number of H-pyrrole nitrogens is 1. The average Bonchev–Trinajstić information content (AvgIpc) is 3.09. The molecule has 1 amide bonds. The summed E-state index contributed by atoms with van der Waals surface area (Å²) >= 11 is 1.58. The number of hydrogen-bond acceptors (Lipinski definition) is 5. The molecule has 3 aromatic rings. The molecule has 24 heavy (non-hydrogen) atoms. The first-order valence-corrected chi connectivity index (χ1v) is 8.35. The SMILES string of the molecule is Cc1cc(CC(=O)Nc2ccccc2Sc2c(C)n[nH]c2C)on1. The Balaban J connectivity index is 1.75. The minimum Gasteiger partial charge on any atom is -0.361 e. The van der Waals surface area contributed by atoms with Crippen LogP contribution in [0, 0.1) is 20.8 Å². The van der Waals surface area contributed by atoms with Crippen LogP contribution in [0.5, 0.6) is 0 Å². The van der Waals surface area contributed by atoms with Gasteiger partial charge in [-0.2, -0.15) is 5.10 Å². The summed E-state index contributed by atoms with van der Waals surface area (Å²) in [5.74, 6) is 0.413. The molecule has 0 spiro atoms. The van der Waals surface area contributed by atoms with E-state index in [0.717, 1.165) is 32.6 Å². The molecule has 3 rings (SSSR count). The molecule has 0 atom stereocenters. The number of benzene rings is 1. The standard InChI is InChI=1S/C17H18N4O2S/c1-10-8-13(23-21-10)9-16(22)18-14-6-4-5-7-15(14)24-17-11(2)19-20-12(17)3/h4-8H,9H2,1-3H3,(H,18,22)(H,19,20). The van der Waals surface area contributed by atoms with E-state index < -0.39 is 0 Å². The predicted octanol–water partition coefficient (Wildman–Crippen LogP) is 3.66. The molecular weight excluding hydrogens is 324 g/mol. The molecule has 0 saturated carbocycles. The van der Waals surface area contributed by atoms with E-state index in [1.807, 2.05) is 45.0 Å². The number of carbonyl (C=O) groups excluding carboxylic acids is 1. The maximum absolute atomic E-state index is 12.3. The maximum atomic E-state index is 12.3. The molecule has 0 aliphatic rings. The van der Waals surface area contributed by atoms with Crippen LogP contribution in [-0.4, -0.2) is 21.3 Å². The highest BCUT2D eigenvalue weighted by molar-refractivity contribution is 7.99. The summed E-state index contributed by atoms with van der Waals surface area (Å²) in [4.78, 5) is 14.3. The number of hydrogen-bond donors (Lipinski definition) is 2. The quantitative estimate of drug-likeness (QED) is 0.739. The number of aromatic nitrogens is 3. The van der Waals surface area contributed by atoms with Crippen molar-refractivity contribution in [2.24, 2.45) is 0 Å². The molecular formula is C17H18N4O2S. The summed E-state index contributed by atoms with van der Waals surface area (Å²) in [7, 11) is 0. The summed E-state index contributed by atoms with van der Waals surface area (Å²) < 4.78 is 5.09. The van der Waals surface area contributed by atoms with E-state index in [0.29, 0.717) is 5.76 Å². The normalized spacial score (nSPS) is 10.8. The number of para-hydroxylation sites is 1. The van der Waals surface area contributed by atoms with Gasteiger partial charge in [0.15, 0.2) is 0 Å². The summed E-state index contributed by atoms with van der Waals surface area (Å²) in [6.45, 7) is 5.77. The third-order valence-corrected chi connectivity index (χ3v) is 4.83. The van der Waals surface area contributed by atoms with Gasteiger partial charge in [0.05, 0.1) is 28.4 Å². The number of amides is 1. The highest BCUT2D eigenvalue weighted by atomic mass is 32.2. The Hall–Kier alpha value is -2.54. The van der Waals surface area contributed by atoms with Gasteiger partial charge >= 0.3 is 0 Å². The number of rotatable bonds is 5. The highest BCUT2D eigenvalue weighted by Gasteiger charge is 2.14. The largest absolute Gasteiger partial charge is 0.361 e. The second-order valence-corrected chi connectivity index (χ2v) is 6.57. The molecule has 2 N–H and O–H groups in total. The van der Waals surface area contributed by atoms with E-state index in [2.05, 4.69) is 20.7 Å². The first kappa shape index (κ1) is 16.3. The van der Waals surface area contributed by atoms with E-state index in [1.165, 1.54) is 0 Å². The number of aromatic amines is 1. The number of carbonyl (C=O) groups is 1. The highest BCUT2D eigenvalue weighted by Crippen LogP contribution is 2.36. The lowest BCUT2D eigenvalue weighted by molar-refractivity contribution is -0.115. The van der Waals surface area contributed by atoms with Crippen LogP contribution in [0.25, 0.3) is 0 Å². The molecule has 0 radical (unpaired) electrons. The Morgan fingerprint density at radius 1 is 1.29 bits per heavy atom. The van der Waals surface area contributed by atoms with Gasteiger partial charge < -0.3 is 9.84 Å². The van der Waals surface area contributed by atoms with Crippen LogP contribution in [0.4, 0.5) is 5.69 Å². The van der Waals surface area contributed by atoms with E-state index >= 15 is 0 Å². The van der Waals surface area contributed by atoms with Crippen molar-refractivity contribution in [3.8, 4) is 0 Å². The first-order chi connectivity index (χ1) is 11.5. The average molecular weight is 342 g/mol. The van der Waals surface area contributed by atoms with Crippen molar-refractivity contribution in [2.45, 2.75) is 37.0 Å². The fourth-order valence-electron chi connectivity index (χ4n) is 2.31. The van der Waals surface area contributed by atoms with E-state index in [9.17, 15) is 4.79 Å². The lowest BCUT2D eigenvalue weighted by Gasteiger charge is -2.10. The van der Waals surface area contributed by atoms with Gasteiger partial charge in [0.2, 0.25) is 5.91 Å². The van der Waals surface area contributed by atoms with Gasteiger partial charge in [-0.1, -0.05) is 29.1 Å². The molecule has 2 heterocycles. The summed E-state index contributed by atoms with van der Waals surface area (Å²) in [5, 5.41) is 13.9. The lowest BCUT2D eigenvalue weighted by Crippen LogP contribution is -2.14. The zero-order chi connectivity index (χ0) is 17.1. The fraction of sp³-hybridized carbons (Fsp3) is 0.235. The van der Waals surface area contributed by atoms with Crippen molar-refractivity contribution in [1.29, 1.82) is 0 Å². The van der Waals surface area contributed by atoms with Crippen LogP contribution in [0.15, 0.2) is 44.6 Å². The number of nitrogens with one attached hydrogen (secondary N) is 2. The van der Waals surface area contributed by atoms with Crippen molar-refractivity contribution >= 4 is 23.4 Å². The molecule has 0 bridgehead atoms. The van der Waals surface area contributed by atoms with Gasteiger partial charge in [0.1, 0.15) is 5.76 Å². The van der Waals surface area contributed by atoms with Crippen molar-refractivity contribution < 1.29 is 9.32 Å². The number of nitrogens with zero attached hydrogens (tertiary/aromatic N) is 2. The van der Waals surface area contributed by atoms with Crippen LogP contribution >= 0.6 is 11.8 Å². The molecule has 7 heteroatoms. The minimum absolute atomic E-state index is 0.139. The van der Waals surface area contributed by atoms with Crippen LogP contribution in [0.1, 0.15) is 22.8 Å². The topological polar surface area (TPSA) is 83.8 Å². The zero-order valence-electron chi connectivity index (χ0n) is 13.7. The summed E-state index contributed by atoms with van der Waals surface area (Å²) in [6.07, 6.45) is 0.156. The molecule has 1 aromatic carbocycles. The second kappa shape index (κ2) is 6.92. The van der Waals surface area contributed by atoms with Crippen molar-refractivity contribution in [3.63, 3.8) is 0 Å². The Morgan fingerprint density at radius 2 is 2.08 bits per heavy atom.